The Kier molecular flexibility index (Phi) is 3.28. The minimum absolute atomic E-state index is 0.0434. The Labute approximate surface area is 124 Å². The molecule has 0 aliphatic carbocycles. The van der Waals surface area contributed by atoms with Crippen LogP contribution >= 0.6 is 11.3 Å². The molecule has 1 amide bonds. The Hall–Kier alpha value is -2.16. The smallest absolute Gasteiger partial charge is 0.358 e. The third kappa shape index (κ3) is 2.13. The van der Waals surface area contributed by atoms with E-state index in [1.807, 2.05) is 0 Å². The molecule has 3 heterocycles. The Balaban J connectivity index is 2.07. The number of carbonyl (C=O) groups is 1. The Morgan fingerprint density at radius 1 is 1.57 bits per heavy atom. The van der Waals surface area contributed by atoms with E-state index in [1.165, 1.54) is 20.6 Å². The monoisotopic (exact) mass is 309 g/mol. The molecule has 2 aromatic rings. The lowest BCUT2D eigenvalue weighted by Crippen LogP contribution is -2.43. The van der Waals surface area contributed by atoms with E-state index in [1.54, 1.807) is 30.6 Å². The first-order valence-corrected chi connectivity index (χ1v) is 7.46. The summed E-state index contributed by atoms with van der Waals surface area (Å²) in [7, 11) is 3.39. The first kappa shape index (κ1) is 13.8. The molecule has 2 aromatic heterocycles. The van der Waals surface area contributed by atoms with Gasteiger partial charge >= 0.3 is 5.82 Å². The van der Waals surface area contributed by atoms with Gasteiger partial charge in [0.05, 0.1) is 0 Å². The quantitative estimate of drug-likeness (QED) is 0.631. The number of anilines is 1. The fraction of sp³-hybridized carbons (Fsp3) is 0.500. The Bertz CT molecular complexity index is 707. The third-order valence-corrected chi connectivity index (χ3v) is 4.40. The van der Waals surface area contributed by atoms with Crippen molar-refractivity contribution in [3.05, 3.63) is 21.7 Å². The summed E-state index contributed by atoms with van der Waals surface area (Å²) >= 11 is 1.34. The number of hydrogen-bond acceptors (Lipinski definition) is 6. The van der Waals surface area contributed by atoms with Crippen molar-refractivity contribution in [1.29, 1.82) is 0 Å². The second-order valence-corrected chi connectivity index (χ2v) is 6.03. The van der Waals surface area contributed by atoms with Crippen molar-refractivity contribution in [3.63, 3.8) is 0 Å². The molecule has 1 saturated heterocycles. The van der Waals surface area contributed by atoms with E-state index in [0.717, 1.165) is 6.42 Å². The molecule has 0 radical (unpaired) electrons. The zero-order valence-corrected chi connectivity index (χ0v) is 12.5. The molecule has 3 rings (SSSR count). The summed E-state index contributed by atoms with van der Waals surface area (Å²) in [5.74, 6) is 0.187. The molecule has 1 unspecified atom stereocenters. The van der Waals surface area contributed by atoms with Crippen molar-refractivity contribution in [2.24, 2.45) is 0 Å². The largest absolute Gasteiger partial charge is 0.373 e. The molecular formula is C12H15N5O3S. The minimum Gasteiger partial charge on any atom is -0.358 e. The fourth-order valence-electron chi connectivity index (χ4n) is 2.70. The van der Waals surface area contributed by atoms with Crippen molar-refractivity contribution < 1.29 is 9.72 Å². The van der Waals surface area contributed by atoms with Gasteiger partial charge in [-0.25, -0.2) is 0 Å². The van der Waals surface area contributed by atoms with Crippen LogP contribution in [0, 0.1) is 10.1 Å². The summed E-state index contributed by atoms with van der Waals surface area (Å²) in [6.07, 6.45) is 3.15. The van der Waals surface area contributed by atoms with Gasteiger partial charge < -0.3 is 19.9 Å². The molecule has 1 aliphatic rings. The average molecular weight is 309 g/mol. The SMILES string of the molecule is CN(C)C(=O)C1CCCN1c1nc2sccn2c1[N+](=O)[O-]. The zero-order valence-electron chi connectivity index (χ0n) is 11.7. The molecule has 21 heavy (non-hydrogen) atoms. The zero-order chi connectivity index (χ0) is 15.1. The molecule has 0 saturated carbocycles. The first-order valence-electron chi connectivity index (χ1n) is 6.58. The van der Waals surface area contributed by atoms with Gasteiger partial charge in [0, 0.05) is 26.0 Å². The van der Waals surface area contributed by atoms with Crippen LogP contribution in [0.15, 0.2) is 11.6 Å². The molecule has 9 heteroatoms. The lowest BCUT2D eigenvalue weighted by Gasteiger charge is -2.25. The van der Waals surface area contributed by atoms with E-state index in [9.17, 15) is 14.9 Å². The second kappa shape index (κ2) is 4.99. The van der Waals surface area contributed by atoms with E-state index in [4.69, 9.17) is 0 Å². The molecule has 0 spiro atoms. The van der Waals surface area contributed by atoms with Gasteiger partial charge in [-0.05, 0) is 17.8 Å². The molecule has 0 bridgehead atoms. The van der Waals surface area contributed by atoms with Crippen molar-refractivity contribution >= 4 is 33.8 Å². The van der Waals surface area contributed by atoms with E-state index in [-0.39, 0.29) is 17.8 Å². The van der Waals surface area contributed by atoms with Crippen LogP contribution < -0.4 is 4.90 Å². The van der Waals surface area contributed by atoms with E-state index in [0.29, 0.717) is 23.7 Å². The van der Waals surface area contributed by atoms with Crippen LogP contribution in [0.25, 0.3) is 4.96 Å². The van der Waals surface area contributed by atoms with Crippen LogP contribution in [0.5, 0.6) is 0 Å². The number of thiazole rings is 1. The van der Waals surface area contributed by atoms with Crippen LogP contribution in [0.4, 0.5) is 11.6 Å². The predicted molar refractivity (Wildman–Crippen MR) is 78.8 cm³/mol. The first-order chi connectivity index (χ1) is 10.0. The van der Waals surface area contributed by atoms with Crippen LogP contribution in [0.2, 0.25) is 0 Å². The number of imidazole rings is 1. The van der Waals surface area contributed by atoms with Crippen LogP contribution in [0.1, 0.15) is 12.8 Å². The average Bonchev–Trinajstić information content (AvgIpc) is 3.10. The maximum absolute atomic E-state index is 12.2. The number of likely N-dealkylation sites (N-methyl/N-ethyl adjacent to an activating group) is 1. The summed E-state index contributed by atoms with van der Waals surface area (Å²) < 4.78 is 1.47. The van der Waals surface area contributed by atoms with Crippen molar-refractivity contribution in [2.75, 3.05) is 25.5 Å². The molecular weight excluding hydrogens is 294 g/mol. The number of amides is 1. The van der Waals surface area contributed by atoms with E-state index in [2.05, 4.69) is 4.98 Å². The Morgan fingerprint density at radius 3 is 3.00 bits per heavy atom. The summed E-state index contributed by atoms with van der Waals surface area (Å²) in [6.45, 7) is 0.607. The van der Waals surface area contributed by atoms with Gasteiger partial charge in [-0.1, -0.05) is 11.3 Å². The molecule has 1 fully saturated rings. The maximum Gasteiger partial charge on any atom is 0.373 e. The highest BCUT2D eigenvalue weighted by atomic mass is 32.1. The fourth-order valence-corrected chi connectivity index (χ4v) is 3.40. The van der Waals surface area contributed by atoms with Gasteiger partial charge in [-0.3, -0.25) is 4.79 Å². The lowest BCUT2D eigenvalue weighted by atomic mass is 10.2. The van der Waals surface area contributed by atoms with Crippen LogP contribution in [-0.4, -0.2) is 51.8 Å². The van der Waals surface area contributed by atoms with Gasteiger partial charge in [0.2, 0.25) is 11.7 Å². The summed E-state index contributed by atoms with van der Waals surface area (Å²) in [6, 6.07) is -0.372. The van der Waals surface area contributed by atoms with E-state index < -0.39 is 4.92 Å². The highest BCUT2D eigenvalue weighted by Gasteiger charge is 2.38. The van der Waals surface area contributed by atoms with Crippen LogP contribution in [0.3, 0.4) is 0 Å². The highest BCUT2D eigenvalue weighted by molar-refractivity contribution is 7.15. The van der Waals surface area contributed by atoms with Crippen molar-refractivity contribution in [3.8, 4) is 0 Å². The number of rotatable bonds is 3. The lowest BCUT2D eigenvalue weighted by molar-refractivity contribution is -0.389. The second-order valence-electron chi connectivity index (χ2n) is 5.16. The van der Waals surface area contributed by atoms with Gasteiger partial charge in [-0.2, -0.15) is 9.38 Å². The third-order valence-electron chi connectivity index (χ3n) is 3.64. The predicted octanol–water partition coefficient (Wildman–Crippen LogP) is 1.36. The van der Waals surface area contributed by atoms with E-state index >= 15 is 0 Å². The molecule has 8 nitrogen and oxygen atoms in total. The summed E-state index contributed by atoms with van der Waals surface area (Å²) in [5, 5.41) is 13.1. The van der Waals surface area contributed by atoms with Crippen LogP contribution in [-0.2, 0) is 4.79 Å². The number of hydrogen-bond donors (Lipinski definition) is 0. The standard InChI is InChI=1S/C12H15N5O3S/c1-14(2)11(18)8-4-3-5-15(8)9-10(17(19)20)16-6-7-21-12(16)13-9/h6-8H,3-5H2,1-2H3. The van der Waals surface area contributed by atoms with Gasteiger partial charge in [0.15, 0.2) is 0 Å². The number of aromatic nitrogens is 2. The number of nitrogens with zero attached hydrogens (tertiary/aromatic N) is 5. The molecule has 1 aliphatic heterocycles. The molecule has 1 atom stereocenters. The van der Waals surface area contributed by atoms with Gasteiger partial charge in [-0.15, -0.1) is 0 Å². The molecule has 0 N–H and O–H groups in total. The summed E-state index contributed by atoms with van der Waals surface area (Å²) in [5.41, 5.74) is 0. The Morgan fingerprint density at radius 2 is 2.33 bits per heavy atom. The molecule has 0 aromatic carbocycles. The van der Waals surface area contributed by atoms with Gasteiger partial charge in [0.25, 0.3) is 4.96 Å². The normalized spacial score (nSPS) is 18.4. The number of nitro groups is 1. The van der Waals surface area contributed by atoms with Crippen molar-refractivity contribution in [1.82, 2.24) is 14.3 Å². The number of fused-ring (bicyclic) bond motifs is 1. The highest BCUT2D eigenvalue weighted by Crippen LogP contribution is 2.35. The van der Waals surface area contributed by atoms with Crippen molar-refractivity contribution in [2.45, 2.75) is 18.9 Å². The minimum atomic E-state index is -0.433. The number of carbonyl (C=O) groups excluding carboxylic acids is 1. The topological polar surface area (TPSA) is 84.0 Å². The molecule has 112 valence electrons. The maximum atomic E-state index is 12.2. The summed E-state index contributed by atoms with van der Waals surface area (Å²) in [4.78, 5) is 31.4. The van der Waals surface area contributed by atoms with Gasteiger partial charge in [0.1, 0.15) is 12.2 Å².